The molecule has 0 radical (unpaired) electrons. The van der Waals surface area contributed by atoms with E-state index in [1.54, 1.807) is 69.3 Å². The Labute approximate surface area is 218 Å². The molecule has 2 heterocycles. The number of rotatable bonds is 6. The molecule has 0 bridgehead atoms. The molecule has 2 saturated heterocycles. The number of carboxylic acid groups (broad SMARTS) is 1. The summed E-state index contributed by atoms with van der Waals surface area (Å²) in [7, 11) is 0. The quantitative estimate of drug-likeness (QED) is 0.195. The predicted molar refractivity (Wildman–Crippen MR) is 120 cm³/mol. The summed E-state index contributed by atoms with van der Waals surface area (Å²) in [6.07, 6.45) is 0. The van der Waals surface area contributed by atoms with Crippen molar-refractivity contribution in [3.05, 3.63) is 71.3 Å². The number of hydrogen-bond acceptors (Lipinski definition) is 6. The first kappa shape index (κ1) is 25.5. The van der Waals surface area contributed by atoms with Crippen molar-refractivity contribution < 1.29 is 54.2 Å². The zero-order valence-electron chi connectivity index (χ0n) is 18.9. The van der Waals surface area contributed by atoms with E-state index in [1.165, 1.54) is 16.7 Å². The van der Waals surface area contributed by atoms with E-state index in [9.17, 15) is 24.6 Å². The van der Waals surface area contributed by atoms with Gasteiger partial charge in [0, 0.05) is 21.8 Å². The van der Waals surface area contributed by atoms with E-state index in [4.69, 9.17) is 0 Å². The molecule has 4 rings (SSSR count). The molecule has 2 aliphatic heterocycles. The summed E-state index contributed by atoms with van der Waals surface area (Å²) >= 11 is 1.35. The summed E-state index contributed by atoms with van der Waals surface area (Å²) < 4.78 is -0.669. The summed E-state index contributed by atoms with van der Waals surface area (Å²) in [5, 5.41) is 21.9. The third kappa shape index (κ3) is 4.62. The number of hydrogen-bond donors (Lipinski definition) is 1. The van der Waals surface area contributed by atoms with E-state index in [2.05, 4.69) is 4.99 Å². The van der Waals surface area contributed by atoms with Crippen molar-refractivity contribution in [1.29, 1.82) is 0 Å². The van der Waals surface area contributed by atoms with Crippen LogP contribution in [-0.2, 0) is 9.59 Å². The van der Waals surface area contributed by atoms with Gasteiger partial charge in [-0.1, -0.05) is 55.5 Å². The van der Waals surface area contributed by atoms with Gasteiger partial charge in [0.2, 0.25) is 0 Å². The van der Waals surface area contributed by atoms with Crippen LogP contribution in [0.5, 0.6) is 0 Å². The van der Waals surface area contributed by atoms with Gasteiger partial charge in [-0.15, -0.1) is 11.8 Å². The Morgan fingerprint density at radius 3 is 2.39 bits per heavy atom. The van der Waals surface area contributed by atoms with Crippen molar-refractivity contribution in [2.75, 3.05) is 0 Å². The minimum Gasteiger partial charge on any atom is -0.862 e. The molecular weight excluding hydrogens is 451 g/mol. The molecule has 9 heteroatoms. The predicted octanol–water partition coefficient (Wildman–Crippen LogP) is -0.701. The van der Waals surface area contributed by atoms with Gasteiger partial charge in [-0.2, -0.15) is 0 Å². The van der Waals surface area contributed by atoms with E-state index in [0.717, 1.165) is 0 Å². The zero-order chi connectivity index (χ0) is 23.2. The number of carboxylic acids is 1. The second-order valence-corrected chi connectivity index (χ2v) is 10.3. The number of benzene rings is 2. The van der Waals surface area contributed by atoms with Crippen molar-refractivity contribution in [2.24, 2.45) is 4.99 Å². The third-order valence-corrected chi connectivity index (χ3v) is 7.53. The molecule has 1 amide bonds. The first-order valence-electron chi connectivity index (χ1n) is 10.3. The molecule has 0 spiro atoms. The van der Waals surface area contributed by atoms with Crippen molar-refractivity contribution >= 4 is 35.3 Å². The second kappa shape index (κ2) is 9.62. The van der Waals surface area contributed by atoms with Crippen LogP contribution in [0.4, 0.5) is 0 Å². The number of β-lactam (4-membered cyclic amide) rings is 1. The molecule has 1 unspecified atom stereocenters. The molecule has 166 valence electrons. The van der Waals surface area contributed by atoms with Crippen LogP contribution in [0.15, 0.2) is 59.6 Å². The van der Waals surface area contributed by atoms with Gasteiger partial charge in [0.05, 0.1) is 0 Å². The number of fused-ring (bicyclic) bond motifs is 1. The first-order chi connectivity index (χ1) is 15.1. The molecule has 33 heavy (non-hydrogen) atoms. The molecular formula is C24H23N2NaO5S. The fourth-order valence-corrected chi connectivity index (χ4v) is 5.82. The van der Waals surface area contributed by atoms with E-state index < -0.39 is 45.9 Å². The fraction of sp³-hybridized carbons (Fsp3) is 0.333. The standard InChI is InChI=1S/C24H24N2O5S.Na/c1-13(15-10-7-11-16(12-15)18(27)14-8-5-4-6-9-14)20(28)25-17-21(29)26-19(23(30)31)24(2,3)32-22(17)26;/h4-13,17,19,22H,1-3H3,(H,25,28)(H,30,31);/q;+1/p-1/t13?,17-,19+,22-;/m1./s1. The van der Waals surface area contributed by atoms with Gasteiger partial charge in [-0.3, -0.25) is 14.6 Å². The Hall–Kier alpha value is -2.13. The molecule has 1 N–H and O–H groups in total. The number of carbonyl (C=O) groups excluding carboxylic acids is 2. The van der Waals surface area contributed by atoms with Gasteiger partial charge < -0.3 is 15.1 Å². The molecule has 7 nitrogen and oxygen atoms in total. The summed E-state index contributed by atoms with van der Waals surface area (Å²) in [6.45, 7) is 5.24. The first-order valence-corrected chi connectivity index (χ1v) is 11.2. The smallest absolute Gasteiger partial charge is 0.862 e. The molecule has 0 saturated carbocycles. The number of ketones is 1. The number of aliphatic imine (C=N–C) groups is 1. The summed E-state index contributed by atoms with van der Waals surface area (Å²) in [5.41, 5.74) is 1.66. The average molecular weight is 475 g/mol. The fourth-order valence-electron chi connectivity index (χ4n) is 4.21. The summed E-state index contributed by atoms with van der Waals surface area (Å²) in [4.78, 5) is 42.4. The number of thioether (sulfide) groups is 1. The SMILES string of the molecule is CC(C([O-])=N[C@@H]1C(=O)N2[C@@H]1SC(C)(C)[C@@H]2C(=O)O)c1cccc(C(=O)c2ccccc2)c1.[Na+]. The maximum absolute atomic E-state index is 12.9. The van der Waals surface area contributed by atoms with Gasteiger partial charge in [-0.25, -0.2) is 4.79 Å². The van der Waals surface area contributed by atoms with Gasteiger partial charge in [0.1, 0.15) is 11.4 Å². The molecule has 0 aromatic heterocycles. The van der Waals surface area contributed by atoms with Crippen LogP contribution < -0.4 is 34.7 Å². The van der Waals surface area contributed by atoms with Crippen molar-refractivity contribution in [1.82, 2.24) is 4.90 Å². The minimum absolute atomic E-state index is 0. The molecule has 2 aromatic rings. The van der Waals surface area contributed by atoms with Crippen LogP contribution in [-0.4, -0.2) is 55.8 Å². The summed E-state index contributed by atoms with van der Waals surface area (Å²) in [6, 6.07) is 13.9. The average Bonchev–Trinajstić information content (AvgIpc) is 3.04. The Morgan fingerprint density at radius 1 is 1.12 bits per heavy atom. The topological polar surface area (TPSA) is 110 Å². The maximum atomic E-state index is 12.9. The Kier molecular flexibility index (Phi) is 7.43. The Bertz CT molecular complexity index is 1120. The molecule has 2 aromatic carbocycles. The van der Waals surface area contributed by atoms with E-state index in [-0.39, 0.29) is 35.3 Å². The van der Waals surface area contributed by atoms with Gasteiger partial charge in [0.15, 0.2) is 11.8 Å². The molecule has 2 aliphatic rings. The van der Waals surface area contributed by atoms with Crippen molar-refractivity contribution in [2.45, 2.75) is 48.9 Å². The monoisotopic (exact) mass is 474 g/mol. The van der Waals surface area contributed by atoms with Crippen LogP contribution in [0.25, 0.3) is 0 Å². The third-order valence-electron chi connectivity index (χ3n) is 5.97. The van der Waals surface area contributed by atoms with Gasteiger partial charge in [-0.05, 0) is 31.4 Å². The molecule has 4 atom stereocenters. The van der Waals surface area contributed by atoms with Crippen LogP contribution in [0, 0.1) is 0 Å². The minimum atomic E-state index is -1.06. The number of aliphatic carboxylic acids is 1. The van der Waals surface area contributed by atoms with Gasteiger partial charge >= 0.3 is 35.5 Å². The van der Waals surface area contributed by atoms with E-state index in [1.807, 2.05) is 6.07 Å². The molecule has 0 aliphatic carbocycles. The van der Waals surface area contributed by atoms with Crippen LogP contribution in [0.1, 0.15) is 48.2 Å². The largest absolute Gasteiger partial charge is 1.00 e. The normalized spacial score (nSPS) is 24.3. The van der Waals surface area contributed by atoms with Crippen LogP contribution in [0.2, 0.25) is 0 Å². The Morgan fingerprint density at radius 2 is 1.76 bits per heavy atom. The second-order valence-electron chi connectivity index (χ2n) is 8.55. The van der Waals surface area contributed by atoms with Crippen molar-refractivity contribution in [3.63, 3.8) is 0 Å². The van der Waals surface area contributed by atoms with Crippen molar-refractivity contribution in [3.8, 4) is 0 Å². The number of amides is 1. The van der Waals surface area contributed by atoms with E-state index in [0.29, 0.717) is 16.7 Å². The number of nitrogens with zero attached hydrogens (tertiary/aromatic N) is 2. The van der Waals surface area contributed by atoms with Crippen LogP contribution in [0.3, 0.4) is 0 Å². The zero-order valence-corrected chi connectivity index (χ0v) is 21.7. The van der Waals surface area contributed by atoms with E-state index >= 15 is 0 Å². The Balaban J connectivity index is 0.00000306. The van der Waals surface area contributed by atoms with Crippen LogP contribution >= 0.6 is 11.8 Å². The molecule has 2 fully saturated rings. The maximum Gasteiger partial charge on any atom is 1.00 e. The summed E-state index contributed by atoms with van der Waals surface area (Å²) in [5.74, 6) is -2.75. The number of carbonyl (C=O) groups is 3. The van der Waals surface area contributed by atoms with Gasteiger partial charge in [0.25, 0.3) is 5.91 Å².